The zero-order valence-electron chi connectivity index (χ0n) is 18.0. The predicted octanol–water partition coefficient (Wildman–Crippen LogP) is 3.95. The van der Waals surface area contributed by atoms with Crippen LogP contribution in [0.15, 0.2) is 54.6 Å². The summed E-state index contributed by atoms with van der Waals surface area (Å²) in [4.78, 5) is 27.8. The number of para-hydroxylation sites is 1. The number of hydrogen-bond acceptors (Lipinski definition) is 4. The molecule has 0 bridgehead atoms. The topological polar surface area (TPSA) is 67.9 Å². The lowest BCUT2D eigenvalue weighted by Gasteiger charge is -2.49. The predicted molar refractivity (Wildman–Crippen MR) is 120 cm³/mol. The summed E-state index contributed by atoms with van der Waals surface area (Å²) >= 11 is 0. The minimum atomic E-state index is -1.07. The molecule has 1 atom stereocenters. The summed E-state index contributed by atoms with van der Waals surface area (Å²) in [7, 11) is 3.21. The summed E-state index contributed by atoms with van der Waals surface area (Å²) in [5.41, 5.74) is 0.449. The van der Waals surface area contributed by atoms with Crippen molar-refractivity contribution in [3.05, 3.63) is 60.2 Å². The molecule has 1 saturated heterocycles. The molecular weight excluding hydrogens is 392 g/mol. The highest BCUT2D eigenvalue weighted by molar-refractivity contribution is 6.15. The molecule has 6 nitrogen and oxygen atoms in total. The Morgan fingerprint density at radius 3 is 2.42 bits per heavy atom. The highest BCUT2D eigenvalue weighted by Crippen LogP contribution is 2.40. The largest absolute Gasteiger partial charge is 0.497 e. The Hall–Kier alpha value is -3.28. The van der Waals surface area contributed by atoms with Crippen molar-refractivity contribution in [2.75, 3.05) is 19.1 Å². The number of nitrogens with zero attached hydrogens (tertiary/aromatic N) is 1. The Balaban J connectivity index is 1.70. The van der Waals surface area contributed by atoms with Gasteiger partial charge in [-0.3, -0.25) is 14.5 Å². The van der Waals surface area contributed by atoms with E-state index in [4.69, 9.17) is 9.47 Å². The van der Waals surface area contributed by atoms with E-state index in [1.165, 1.54) is 0 Å². The average molecular weight is 421 g/mol. The first-order chi connectivity index (χ1) is 15.1. The summed E-state index contributed by atoms with van der Waals surface area (Å²) in [5, 5.41) is 3.19. The van der Waals surface area contributed by atoms with E-state index in [2.05, 4.69) is 5.32 Å². The first-order valence-electron chi connectivity index (χ1n) is 10.7. The molecule has 31 heavy (non-hydrogen) atoms. The second-order valence-electron chi connectivity index (χ2n) is 8.06. The van der Waals surface area contributed by atoms with Crippen molar-refractivity contribution >= 4 is 23.6 Å². The van der Waals surface area contributed by atoms with Crippen molar-refractivity contribution in [1.82, 2.24) is 5.32 Å². The second kappa shape index (κ2) is 8.84. The fourth-order valence-corrected chi connectivity index (χ4v) is 4.43. The fourth-order valence-electron chi connectivity index (χ4n) is 4.43. The van der Waals surface area contributed by atoms with Crippen LogP contribution in [0.4, 0.5) is 5.69 Å². The molecule has 1 N–H and O–H groups in total. The van der Waals surface area contributed by atoms with Crippen molar-refractivity contribution in [2.45, 2.75) is 43.7 Å². The highest BCUT2D eigenvalue weighted by atomic mass is 16.5. The van der Waals surface area contributed by atoms with Crippen LogP contribution in [0.5, 0.6) is 11.5 Å². The molecule has 1 aliphatic heterocycles. The van der Waals surface area contributed by atoms with Crippen LogP contribution < -0.4 is 19.7 Å². The molecule has 0 spiro atoms. The van der Waals surface area contributed by atoms with Gasteiger partial charge in [-0.25, -0.2) is 0 Å². The molecule has 1 aliphatic carbocycles. The smallest absolute Gasteiger partial charge is 0.251 e. The summed E-state index contributed by atoms with van der Waals surface area (Å²) in [5.74, 6) is 1.19. The second-order valence-corrected chi connectivity index (χ2v) is 8.06. The van der Waals surface area contributed by atoms with E-state index in [1.807, 2.05) is 48.6 Å². The SMILES string of the molecule is COc1ccc(N2C(=O)C[C@@]2(/C=C/c2ccccc2OC)C(=O)NC2CCCC2)cc1. The Bertz CT molecular complexity index is 979. The van der Waals surface area contributed by atoms with E-state index < -0.39 is 5.54 Å². The molecule has 0 radical (unpaired) electrons. The Labute approximate surface area is 182 Å². The molecule has 2 aromatic carbocycles. The molecule has 2 aliphatic rings. The third-order valence-corrected chi connectivity index (χ3v) is 6.16. The lowest BCUT2D eigenvalue weighted by molar-refractivity contribution is -0.137. The van der Waals surface area contributed by atoms with E-state index in [1.54, 1.807) is 31.3 Å². The minimum Gasteiger partial charge on any atom is -0.497 e. The molecule has 2 fully saturated rings. The van der Waals surface area contributed by atoms with Crippen LogP contribution in [-0.2, 0) is 9.59 Å². The van der Waals surface area contributed by atoms with Crippen LogP contribution in [0, 0.1) is 0 Å². The number of carbonyl (C=O) groups excluding carboxylic acids is 2. The van der Waals surface area contributed by atoms with Crippen LogP contribution in [0.2, 0.25) is 0 Å². The van der Waals surface area contributed by atoms with Gasteiger partial charge in [-0.15, -0.1) is 0 Å². The van der Waals surface area contributed by atoms with Gasteiger partial charge in [-0.05, 0) is 49.2 Å². The van der Waals surface area contributed by atoms with Crippen LogP contribution in [-0.4, -0.2) is 37.6 Å². The van der Waals surface area contributed by atoms with Crippen LogP contribution >= 0.6 is 0 Å². The number of carbonyl (C=O) groups is 2. The van der Waals surface area contributed by atoms with Gasteiger partial charge < -0.3 is 14.8 Å². The van der Waals surface area contributed by atoms with Gasteiger partial charge in [-0.1, -0.05) is 37.1 Å². The fraction of sp³-hybridized carbons (Fsp3) is 0.360. The first-order valence-corrected chi connectivity index (χ1v) is 10.7. The van der Waals surface area contributed by atoms with Crippen LogP contribution in [0.25, 0.3) is 6.08 Å². The highest BCUT2D eigenvalue weighted by Gasteiger charge is 2.56. The molecule has 1 heterocycles. The maximum Gasteiger partial charge on any atom is 0.251 e. The number of ether oxygens (including phenoxy) is 2. The zero-order chi connectivity index (χ0) is 21.8. The molecule has 1 saturated carbocycles. The van der Waals surface area contributed by atoms with Crippen molar-refractivity contribution in [3.63, 3.8) is 0 Å². The van der Waals surface area contributed by atoms with E-state index >= 15 is 0 Å². The minimum absolute atomic E-state index is 0.0867. The molecular formula is C25H28N2O4. The Morgan fingerprint density at radius 1 is 1.06 bits per heavy atom. The lowest BCUT2D eigenvalue weighted by Crippen LogP contribution is -2.70. The van der Waals surface area contributed by atoms with Gasteiger partial charge in [0.1, 0.15) is 11.5 Å². The summed E-state index contributed by atoms with van der Waals surface area (Å²) in [6.45, 7) is 0. The van der Waals surface area contributed by atoms with Gasteiger partial charge in [0.15, 0.2) is 5.54 Å². The molecule has 4 rings (SSSR count). The van der Waals surface area contributed by atoms with Gasteiger partial charge in [0.2, 0.25) is 5.91 Å². The van der Waals surface area contributed by atoms with Crippen molar-refractivity contribution in [2.24, 2.45) is 0 Å². The standard InChI is InChI=1S/C25H28N2O4/c1-30-21-13-11-20(12-14-21)27-23(28)17-25(27,24(29)26-19-8-4-5-9-19)16-15-18-7-3-6-10-22(18)31-2/h3,6-7,10-16,19H,4-5,8-9,17H2,1-2H3,(H,26,29)/b16-15+/t25-/m0/s1. The van der Waals surface area contributed by atoms with E-state index in [0.29, 0.717) is 17.2 Å². The van der Waals surface area contributed by atoms with Gasteiger partial charge in [-0.2, -0.15) is 0 Å². The Morgan fingerprint density at radius 2 is 1.77 bits per heavy atom. The normalized spacial score (nSPS) is 21.2. The molecule has 6 heteroatoms. The number of benzene rings is 2. The molecule has 2 amide bonds. The third-order valence-electron chi connectivity index (χ3n) is 6.16. The lowest BCUT2D eigenvalue weighted by atomic mass is 9.80. The maximum atomic E-state index is 13.5. The van der Waals surface area contributed by atoms with E-state index in [0.717, 1.165) is 31.2 Å². The number of methoxy groups -OCH3 is 2. The molecule has 2 aromatic rings. The average Bonchev–Trinajstić information content (AvgIpc) is 3.30. The van der Waals surface area contributed by atoms with Crippen LogP contribution in [0.1, 0.15) is 37.7 Å². The van der Waals surface area contributed by atoms with Crippen molar-refractivity contribution in [1.29, 1.82) is 0 Å². The monoisotopic (exact) mass is 420 g/mol. The van der Waals surface area contributed by atoms with Gasteiger partial charge in [0.05, 0.1) is 20.6 Å². The quantitative estimate of drug-likeness (QED) is 0.689. The number of hydrogen-bond donors (Lipinski definition) is 1. The van der Waals surface area contributed by atoms with Crippen molar-refractivity contribution in [3.8, 4) is 11.5 Å². The maximum absolute atomic E-state index is 13.5. The molecule has 162 valence electrons. The molecule has 0 aromatic heterocycles. The van der Waals surface area contributed by atoms with E-state index in [-0.39, 0.29) is 24.3 Å². The zero-order valence-corrected chi connectivity index (χ0v) is 18.0. The van der Waals surface area contributed by atoms with E-state index in [9.17, 15) is 9.59 Å². The third kappa shape index (κ3) is 4.02. The number of β-lactam (4-membered cyclic amide) rings is 1. The number of rotatable bonds is 7. The number of anilines is 1. The van der Waals surface area contributed by atoms with Crippen molar-refractivity contribution < 1.29 is 19.1 Å². The first kappa shape index (κ1) is 21.0. The Kier molecular flexibility index (Phi) is 5.98. The number of nitrogens with one attached hydrogen (secondary N) is 1. The van der Waals surface area contributed by atoms with Gasteiger partial charge in [0.25, 0.3) is 5.91 Å². The van der Waals surface area contributed by atoms with Gasteiger partial charge in [0, 0.05) is 17.3 Å². The number of amides is 2. The molecule has 0 unspecified atom stereocenters. The van der Waals surface area contributed by atoms with Gasteiger partial charge >= 0.3 is 0 Å². The summed E-state index contributed by atoms with van der Waals surface area (Å²) in [6.07, 6.45) is 8.04. The summed E-state index contributed by atoms with van der Waals surface area (Å²) < 4.78 is 10.7. The summed E-state index contributed by atoms with van der Waals surface area (Å²) in [6, 6.07) is 15.0. The van der Waals surface area contributed by atoms with Crippen LogP contribution in [0.3, 0.4) is 0 Å².